The summed E-state index contributed by atoms with van der Waals surface area (Å²) in [5.41, 5.74) is 1.00. The van der Waals surface area contributed by atoms with E-state index in [9.17, 15) is 13.2 Å². The van der Waals surface area contributed by atoms with E-state index >= 15 is 0 Å². The summed E-state index contributed by atoms with van der Waals surface area (Å²) < 4.78 is 46.8. The van der Waals surface area contributed by atoms with Gasteiger partial charge in [-0.05, 0) is 37.3 Å². The number of alkyl halides is 3. The lowest BCUT2D eigenvalue weighted by molar-refractivity contribution is -0.274. The first-order chi connectivity index (χ1) is 11.9. The van der Waals surface area contributed by atoms with Crippen LogP contribution in [-0.2, 0) is 6.54 Å². The van der Waals surface area contributed by atoms with Crippen molar-refractivity contribution in [3.8, 4) is 11.5 Å². The Morgan fingerprint density at radius 2 is 1.68 bits per heavy atom. The number of anilines is 1. The quantitative estimate of drug-likeness (QED) is 0.735. The molecule has 0 aliphatic rings. The predicted octanol–water partition coefficient (Wildman–Crippen LogP) is 4.47. The fourth-order valence-corrected chi connectivity index (χ4v) is 2.25. The number of hydrogen-bond donors (Lipinski definition) is 2. The maximum Gasteiger partial charge on any atom is 0.573 e. The lowest BCUT2D eigenvalue weighted by atomic mass is 10.2. The Balaban J connectivity index is 1.99. The molecule has 0 bridgehead atoms. The van der Waals surface area contributed by atoms with Gasteiger partial charge in [-0.25, -0.2) is 0 Å². The highest BCUT2D eigenvalue weighted by Crippen LogP contribution is 2.26. The van der Waals surface area contributed by atoms with Crippen molar-refractivity contribution in [2.24, 2.45) is 0 Å². The lowest BCUT2D eigenvalue weighted by Crippen LogP contribution is -2.28. The maximum atomic E-state index is 12.4. The first kappa shape index (κ1) is 18.9. The van der Waals surface area contributed by atoms with Crippen LogP contribution >= 0.6 is 12.2 Å². The normalized spacial score (nSPS) is 10.9. The van der Waals surface area contributed by atoms with Gasteiger partial charge in [0, 0.05) is 12.1 Å². The van der Waals surface area contributed by atoms with Gasteiger partial charge in [-0.15, -0.1) is 13.2 Å². The second-order valence-corrected chi connectivity index (χ2v) is 5.30. The summed E-state index contributed by atoms with van der Waals surface area (Å²) in [6.45, 7) is 2.45. The second-order valence-electron chi connectivity index (χ2n) is 4.89. The van der Waals surface area contributed by atoms with Crippen LogP contribution < -0.4 is 20.1 Å². The minimum absolute atomic E-state index is 0.0783. The number of hydrogen-bond acceptors (Lipinski definition) is 3. The van der Waals surface area contributed by atoms with Crippen LogP contribution in [0, 0.1) is 0 Å². The Labute approximate surface area is 148 Å². The molecule has 0 radical (unpaired) electrons. The monoisotopic (exact) mass is 370 g/mol. The van der Waals surface area contributed by atoms with Crippen molar-refractivity contribution in [1.82, 2.24) is 5.32 Å². The predicted molar refractivity (Wildman–Crippen MR) is 93.8 cm³/mol. The topological polar surface area (TPSA) is 42.5 Å². The SMILES string of the molecule is CCOc1ccccc1NC(=S)NCc1ccccc1OC(F)(F)F. The molecule has 0 aliphatic heterocycles. The van der Waals surface area contributed by atoms with Crippen molar-refractivity contribution >= 4 is 23.0 Å². The van der Waals surface area contributed by atoms with E-state index in [-0.39, 0.29) is 17.4 Å². The summed E-state index contributed by atoms with van der Waals surface area (Å²) in [5.74, 6) is 0.370. The third-order valence-corrected chi connectivity index (χ3v) is 3.32. The lowest BCUT2D eigenvalue weighted by Gasteiger charge is -2.16. The molecule has 4 nitrogen and oxygen atoms in total. The van der Waals surface area contributed by atoms with Gasteiger partial charge in [-0.1, -0.05) is 30.3 Å². The summed E-state index contributed by atoms with van der Waals surface area (Å²) in [7, 11) is 0. The number of benzene rings is 2. The van der Waals surface area contributed by atoms with E-state index in [0.29, 0.717) is 23.6 Å². The summed E-state index contributed by atoms with van der Waals surface area (Å²) in [4.78, 5) is 0. The van der Waals surface area contributed by atoms with Crippen LogP contribution in [0.4, 0.5) is 18.9 Å². The fourth-order valence-electron chi connectivity index (χ4n) is 2.07. The molecule has 134 valence electrons. The molecule has 0 spiro atoms. The summed E-state index contributed by atoms with van der Waals surface area (Å²) in [6, 6.07) is 13.1. The first-order valence-corrected chi connectivity index (χ1v) is 7.90. The molecule has 0 aromatic heterocycles. The molecule has 2 rings (SSSR count). The highest BCUT2D eigenvalue weighted by Gasteiger charge is 2.31. The van der Waals surface area contributed by atoms with Gasteiger partial charge in [0.25, 0.3) is 0 Å². The molecular weight excluding hydrogens is 353 g/mol. The van der Waals surface area contributed by atoms with E-state index in [0.717, 1.165) is 0 Å². The van der Waals surface area contributed by atoms with Gasteiger partial charge in [0.15, 0.2) is 5.11 Å². The van der Waals surface area contributed by atoms with Crippen LogP contribution in [0.3, 0.4) is 0 Å². The second kappa shape index (κ2) is 8.57. The number of thiocarbonyl (C=S) groups is 1. The van der Waals surface area contributed by atoms with Crippen molar-refractivity contribution < 1.29 is 22.6 Å². The minimum atomic E-state index is -4.74. The molecule has 0 atom stereocenters. The molecule has 2 aromatic rings. The Hall–Kier alpha value is -2.48. The van der Waals surface area contributed by atoms with Crippen LogP contribution in [0.1, 0.15) is 12.5 Å². The van der Waals surface area contributed by atoms with Gasteiger partial charge in [-0.2, -0.15) is 0 Å². The number of ether oxygens (including phenoxy) is 2. The van der Waals surface area contributed by atoms with E-state index in [1.54, 1.807) is 18.2 Å². The van der Waals surface area contributed by atoms with Crippen LogP contribution in [0.25, 0.3) is 0 Å². The van der Waals surface area contributed by atoms with E-state index in [1.165, 1.54) is 18.2 Å². The van der Waals surface area contributed by atoms with Gasteiger partial charge in [0.2, 0.25) is 0 Å². The number of para-hydroxylation sites is 3. The molecule has 0 amide bonds. The van der Waals surface area contributed by atoms with Gasteiger partial charge in [0.1, 0.15) is 11.5 Å². The van der Waals surface area contributed by atoms with E-state index < -0.39 is 6.36 Å². The smallest absolute Gasteiger partial charge is 0.492 e. The van der Waals surface area contributed by atoms with E-state index in [1.807, 2.05) is 19.1 Å². The molecule has 0 unspecified atom stereocenters. The molecule has 0 saturated carbocycles. The minimum Gasteiger partial charge on any atom is -0.492 e. The highest BCUT2D eigenvalue weighted by atomic mass is 32.1. The Morgan fingerprint density at radius 3 is 2.36 bits per heavy atom. The number of halogens is 3. The molecule has 0 heterocycles. The van der Waals surface area contributed by atoms with E-state index in [4.69, 9.17) is 17.0 Å². The first-order valence-electron chi connectivity index (χ1n) is 7.49. The highest BCUT2D eigenvalue weighted by molar-refractivity contribution is 7.80. The van der Waals surface area contributed by atoms with Crippen molar-refractivity contribution in [3.05, 3.63) is 54.1 Å². The standard InChI is InChI=1S/C17H17F3N2O2S/c1-2-23-15-10-6-4-8-13(15)22-16(25)21-11-12-7-3-5-9-14(12)24-17(18,19)20/h3-10H,2,11H2,1H3,(H2,21,22,25). The zero-order valence-electron chi connectivity index (χ0n) is 13.4. The molecule has 8 heteroatoms. The summed E-state index contributed by atoms with van der Waals surface area (Å²) in [5, 5.41) is 6.08. The zero-order valence-corrected chi connectivity index (χ0v) is 14.2. The van der Waals surface area contributed by atoms with E-state index in [2.05, 4.69) is 15.4 Å². The summed E-state index contributed by atoms with van der Waals surface area (Å²) in [6.07, 6.45) is -4.74. The number of nitrogens with one attached hydrogen (secondary N) is 2. The van der Waals surface area contributed by atoms with Crippen LogP contribution in [0.5, 0.6) is 11.5 Å². The Morgan fingerprint density at radius 1 is 1.04 bits per heavy atom. The average molecular weight is 370 g/mol. The number of rotatable bonds is 6. The third kappa shape index (κ3) is 6.15. The molecular formula is C17H17F3N2O2S. The van der Waals surface area contributed by atoms with Crippen LogP contribution in [0.2, 0.25) is 0 Å². The van der Waals surface area contributed by atoms with Crippen LogP contribution in [-0.4, -0.2) is 18.1 Å². The van der Waals surface area contributed by atoms with Crippen molar-refractivity contribution in [1.29, 1.82) is 0 Å². The molecule has 2 aromatic carbocycles. The van der Waals surface area contributed by atoms with Gasteiger partial charge in [-0.3, -0.25) is 0 Å². The third-order valence-electron chi connectivity index (χ3n) is 3.07. The Kier molecular flexibility index (Phi) is 6.46. The van der Waals surface area contributed by atoms with Gasteiger partial charge >= 0.3 is 6.36 Å². The summed E-state index contributed by atoms with van der Waals surface area (Å²) >= 11 is 5.19. The maximum absolute atomic E-state index is 12.4. The van der Waals surface area contributed by atoms with Crippen molar-refractivity contribution in [2.45, 2.75) is 19.8 Å². The van der Waals surface area contributed by atoms with Gasteiger partial charge in [0.05, 0.1) is 12.3 Å². The molecule has 0 aliphatic carbocycles. The largest absolute Gasteiger partial charge is 0.573 e. The fraction of sp³-hybridized carbons (Fsp3) is 0.235. The molecule has 0 fully saturated rings. The average Bonchev–Trinajstić information content (AvgIpc) is 2.55. The Bertz CT molecular complexity index is 723. The molecule has 0 saturated heterocycles. The van der Waals surface area contributed by atoms with Gasteiger partial charge < -0.3 is 20.1 Å². The molecule has 2 N–H and O–H groups in total. The van der Waals surface area contributed by atoms with Crippen molar-refractivity contribution in [3.63, 3.8) is 0 Å². The van der Waals surface area contributed by atoms with Crippen molar-refractivity contribution in [2.75, 3.05) is 11.9 Å². The molecule has 25 heavy (non-hydrogen) atoms. The van der Waals surface area contributed by atoms with Crippen LogP contribution in [0.15, 0.2) is 48.5 Å². The zero-order chi connectivity index (χ0) is 18.3.